The van der Waals surface area contributed by atoms with Gasteiger partial charge in [-0.3, -0.25) is 0 Å². The molecule has 3 nitrogen and oxygen atoms in total. The topological polar surface area (TPSA) is 35.5 Å². The van der Waals surface area contributed by atoms with Crippen LogP contribution in [0, 0.1) is 5.82 Å². The molecule has 0 saturated heterocycles. The van der Waals surface area contributed by atoms with Crippen molar-refractivity contribution < 1.29 is 18.7 Å². The van der Waals surface area contributed by atoms with Gasteiger partial charge in [0.15, 0.2) is 11.5 Å². The first-order chi connectivity index (χ1) is 9.61. The molecule has 2 rings (SSSR count). The van der Waals surface area contributed by atoms with E-state index >= 15 is 0 Å². The number of hydrogen-bond acceptors (Lipinski definition) is 3. The van der Waals surface area contributed by atoms with E-state index in [0.717, 1.165) is 12.1 Å². The fourth-order valence-electron chi connectivity index (χ4n) is 1.62. The lowest BCUT2D eigenvalue weighted by atomic mass is 10.2. The zero-order valence-electron chi connectivity index (χ0n) is 10.7. The molecule has 0 radical (unpaired) electrons. The molecule has 0 fully saturated rings. The van der Waals surface area contributed by atoms with Gasteiger partial charge in [0.2, 0.25) is 0 Å². The molecule has 0 heterocycles. The van der Waals surface area contributed by atoms with Crippen molar-refractivity contribution in [2.75, 3.05) is 6.61 Å². The third-order valence-corrected chi connectivity index (χ3v) is 2.82. The van der Waals surface area contributed by atoms with E-state index in [-0.39, 0.29) is 10.6 Å². The van der Waals surface area contributed by atoms with Crippen LogP contribution >= 0.6 is 11.6 Å². The monoisotopic (exact) mass is 294 g/mol. The fourth-order valence-corrected chi connectivity index (χ4v) is 1.86. The van der Waals surface area contributed by atoms with Crippen LogP contribution in [0.5, 0.6) is 11.5 Å². The molecule has 2 aromatic rings. The van der Waals surface area contributed by atoms with Gasteiger partial charge in [0.1, 0.15) is 5.82 Å². The minimum absolute atomic E-state index is 0.00360. The van der Waals surface area contributed by atoms with Crippen LogP contribution in [0.3, 0.4) is 0 Å². The summed E-state index contributed by atoms with van der Waals surface area (Å²) in [7, 11) is 0. The Morgan fingerprint density at radius 1 is 1.20 bits per heavy atom. The number of carbonyl (C=O) groups is 1. The predicted molar refractivity (Wildman–Crippen MR) is 74.0 cm³/mol. The molecule has 0 spiro atoms. The Labute approximate surface area is 120 Å². The van der Waals surface area contributed by atoms with Crippen molar-refractivity contribution in [3.8, 4) is 11.5 Å². The molecule has 2 aromatic carbocycles. The minimum atomic E-state index is -0.665. The van der Waals surface area contributed by atoms with Crippen molar-refractivity contribution in [1.29, 1.82) is 0 Å². The fraction of sp³-hybridized carbons (Fsp3) is 0.133. The summed E-state index contributed by atoms with van der Waals surface area (Å²) in [5, 5.41) is 0.00360. The Balaban J connectivity index is 2.23. The van der Waals surface area contributed by atoms with Crippen LogP contribution in [-0.4, -0.2) is 12.6 Å². The van der Waals surface area contributed by atoms with Crippen molar-refractivity contribution >= 4 is 17.6 Å². The lowest BCUT2D eigenvalue weighted by Crippen LogP contribution is -2.10. The maximum Gasteiger partial charge on any atom is 0.345 e. The molecule has 0 aliphatic carbocycles. The van der Waals surface area contributed by atoms with E-state index in [2.05, 4.69) is 0 Å². The normalized spacial score (nSPS) is 10.2. The molecule has 0 amide bonds. The zero-order valence-corrected chi connectivity index (χ0v) is 11.5. The Morgan fingerprint density at radius 3 is 2.55 bits per heavy atom. The van der Waals surface area contributed by atoms with Crippen LogP contribution in [0.4, 0.5) is 4.39 Å². The second-order valence-corrected chi connectivity index (χ2v) is 4.30. The standard InChI is InChI=1S/C15H12ClFO3/c1-2-19-13-5-3-4-6-14(13)20-15(18)11-8-7-10(17)9-12(11)16/h3-9H,2H2,1H3. The van der Waals surface area contributed by atoms with Gasteiger partial charge < -0.3 is 9.47 Å². The molecular formula is C15H12ClFO3. The third-order valence-electron chi connectivity index (χ3n) is 2.50. The van der Waals surface area contributed by atoms with Crippen LogP contribution in [0.25, 0.3) is 0 Å². The molecule has 0 unspecified atom stereocenters. The molecule has 0 aliphatic heterocycles. The van der Waals surface area contributed by atoms with Crippen LogP contribution in [-0.2, 0) is 0 Å². The van der Waals surface area contributed by atoms with Crippen LogP contribution in [0.1, 0.15) is 17.3 Å². The lowest BCUT2D eigenvalue weighted by molar-refractivity contribution is 0.0728. The number of esters is 1. The minimum Gasteiger partial charge on any atom is -0.490 e. The van der Waals surface area contributed by atoms with E-state index in [1.165, 1.54) is 6.07 Å². The number of ether oxygens (including phenoxy) is 2. The summed E-state index contributed by atoms with van der Waals surface area (Å²) >= 11 is 5.82. The molecule has 0 saturated carbocycles. The van der Waals surface area contributed by atoms with Crippen molar-refractivity contribution in [3.63, 3.8) is 0 Å². The molecule has 20 heavy (non-hydrogen) atoms. The van der Waals surface area contributed by atoms with Crippen molar-refractivity contribution in [2.45, 2.75) is 6.92 Å². The van der Waals surface area contributed by atoms with E-state index in [9.17, 15) is 9.18 Å². The SMILES string of the molecule is CCOc1ccccc1OC(=O)c1ccc(F)cc1Cl. The van der Waals surface area contributed by atoms with Crippen molar-refractivity contribution in [2.24, 2.45) is 0 Å². The van der Waals surface area contributed by atoms with E-state index in [1.807, 2.05) is 6.92 Å². The highest BCUT2D eigenvalue weighted by molar-refractivity contribution is 6.33. The Morgan fingerprint density at radius 2 is 1.90 bits per heavy atom. The second-order valence-electron chi connectivity index (χ2n) is 3.89. The van der Waals surface area contributed by atoms with Crippen LogP contribution in [0.2, 0.25) is 5.02 Å². The van der Waals surface area contributed by atoms with Gasteiger partial charge in [-0.25, -0.2) is 9.18 Å². The van der Waals surface area contributed by atoms with Gasteiger partial charge in [-0.05, 0) is 37.3 Å². The Kier molecular flexibility index (Phi) is 4.58. The first-order valence-corrected chi connectivity index (χ1v) is 6.38. The summed E-state index contributed by atoms with van der Waals surface area (Å²) in [6, 6.07) is 10.3. The van der Waals surface area contributed by atoms with Gasteiger partial charge in [0.25, 0.3) is 0 Å². The summed E-state index contributed by atoms with van der Waals surface area (Å²) in [6.45, 7) is 2.28. The third kappa shape index (κ3) is 3.27. The molecule has 0 aromatic heterocycles. The molecular weight excluding hydrogens is 283 g/mol. The maximum atomic E-state index is 12.9. The van der Waals surface area contributed by atoms with Gasteiger partial charge >= 0.3 is 5.97 Å². The summed E-state index contributed by atoms with van der Waals surface area (Å²) in [6.07, 6.45) is 0. The molecule has 0 bridgehead atoms. The number of rotatable bonds is 4. The summed E-state index contributed by atoms with van der Waals surface area (Å²) in [5.74, 6) is -0.426. The predicted octanol–water partition coefficient (Wildman–Crippen LogP) is 4.10. The van der Waals surface area contributed by atoms with Gasteiger partial charge in [-0.1, -0.05) is 23.7 Å². The summed E-state index contributed by atoms with van der Waals surface area (Å²) in [4.78, 5) is 12.0. The average molecular weight is 295 g/mol. The number of carbonyl (C=O) groups excluding carboxylic acids is 1. The van der Waals surface area contributed by atoms with Gasteiger partial charge in [-0.2, -0.15) is 0 Å². The lowest BCUT2D eigenvalue weighted by Gasteiger charge is -2.10. The number of benzene rings is 2. The Hall–Kier alpha value is -2.07. The number of halogens is 2. The maximum absolute atomic E-state index is 12.9. The quantitative estimate of drug-likeness (QED) is 0.629. The van der Waals surface area contributed by atoms with E-state index in [4.69, 9.17) is 21.1 Å². The van der Waals surface area contributed by atoms with E-state index in [1.54, 1.807) is 24.3 Å². The smallest absolute Gasteiger partial charge is 0.345 e. The molecule has 104 valence electrons. The number of para-hydroxylation sites is 2. The van der Waals surface area contributed by atoms with Crippen molar-refractivity contribution in [3.05, 3.63) is 58.9 Å². The second kappa shape index (κ2) is 6.39. The van der Waals surface area contributed by atoms with Gasteiger partial charge in [0, 0.05) is 0 Å². The first-order valence-electron chi connectivity index (χ1n) is 6.01. The number of hydrogen-bond donors (Lipinski definition) is 0. The zero-order chi connectivity index (χ0) is 14.5. The van der Waals surface area contributed by atoms with Crippen LogP contribution in [0.15, 0.2) is 42.5 Å². The highest BCUT2D eigenvalue weighted by Gasteiger charge is 2.15. The largest absolute Gasteiger partial charge is 0.490 e. The highest BCUT2D eigenvalue weighted by atomic mass is 35.5. The molecule has 5 heteroatoms. The first kappa shape index (κ1) is 14.3. The average Bonchev–Trinajstić information content (AvgIpc) is 2.41. The van der Waals surface area contributed by atoms with Crippen LogP contribution < -0.4 is 9.47 Å². The summed E-state index contributed by atoms with van der Waals surface area (Å²) in [5.41, 5.74) is 0.0966. The summed E-state index contributed by atoms with van der Waals surface area (Å²) < 4.78 is 23.5. The van der Waals surface area contributed by atoms with Crippen molar-refractivity contribution in [1.82, 2.24) is 0 Å². The van der Waals surface area contributed by atoms with E-state index < -0.39 is 11.8 Å². The molecule has 0 aliphatic rings. The molecule has 0 atom stereocenters. The Bertz CT molecular complexity index is 628. The van der Waals surface area contributed by atoms with E-state index in [0.29, 0.717) is 18.1 Å². The molecule has 0 N–H and O–H groups in total. The van der Waals surface area contributed by atoms with Gasteiger partial charge in [0.05, 0.1) is 17.2 Å². The van der Waals surface area contributed by atoms with Gasteiger partial charge in [-0.15, -0.1) is 0 Å². The highest BCUT2D eigenvalue weighted by Crippen LogP contribution is 2.28.